The van der Waals surface area contributed by atoms with Crippen LogP contribution in [0.3, 0.4) is 0 Å². The highest BCUT2D eigenvalue weighted by atomic mass is 19.1. The summed E-state index contributed by atoms with van der Waals surface area (Å²) in [6.45, 7) is 0.517. The Balaban J connectivity index is 1.41. The standard InChI is InChI=1S/C17H20FN5O/c18-14-3-1-12(2-4-14)13-9-15-5-6-16(10-13)23(15)17(24)7-8-22-11-19-20-21-22/h1-4,11,13,15-16H,5-10H2/t15-,16-/m0/s1. The van der Waals surface area contributed by atoms with Crippen LogP contribution in [0, 0.1) is 5.82 Å². The molecule has 0 unspecified atom stereocenters. The first-order valence-electron chi connectivity index (χ1n) is 8.48. The number of piperidine rings is 1. The zero-order valence-electron chi connectivity index (χ0n) is 13.4. The Kier molecular flexibility index (Phi) is 4.00. The summed E-state index contributed by atoms with van der Waals surface area (Å²) in [6.07, 6.45) is 6.04. The number of benzene rings is 1. The second-order valence-corrected chi connectivity index (χ2v) is 6.73. The van der Waals surface area contributed by atoms with Crippen LogP contribution in [0.5, 0.6) is 0 Å². The number of hydrogen-bond donors (Lipinski definition) is 0. The van der Waals surface area contributed by atoms with Crippen molar-refractivity contribution in [3.63, 3.8) is 0 Å². The van der Waals surface area contributed by atoms with Crippen molar-refractivity contribution in [2.45, 2.75) is 56.7 Å². The van der Waals surface area contributed by atoms with Gasteiger partial charge in [0, 0.05) is 18.5 Å². The predicted molar refractivity (Wildman–Crippen MR) is 84.5 cm³/mol. The van der Waals surface area contributed by atoms with Crippen molar-refractivity contribution in [3.8, 4) is 0 Å². The molecule has 2 fully saturated rings. The fraction of sp³-hybridized carbons (Fsp3) is 0.529. The SMILES string of the molecule is O=C(CCn1cnnn1)N1[C@H]2CC[C@H]1CC(c1ccc(F)cc1)C2. The molecule has 4 rings (SSSR count). The highest BCUT2D eigenvalue weighted by molar-refractivity contribution is 5.77. The minimum Gasteiger partial charge on any atom is -0.337 e. The lowest BCUT2D eigenvalue weighted by Gasteiger charge is -2.39. The van der Waals surface area contributed by atoms with Gasteiger partial charge in [-0.2, -0.15) is 0 Å². The number of carbonyl (C=O) groups is 1. The second-order valence-electron chi connectivity index (χ2n) is 6.73. The molecule has 24 heavy (non-hydrogen) atoms. The van der Waals surface area contributed by atoms with E-state index in [0.29, 0.717) is 31.0 Å². The molecule has 2 aromatic rings. The Morgan fingerprint density at radius 3 is 2.50 bits per heavy atom. The molecule has 0 radical (unpaired) electrons. The van der Waals surface area contributed by atoms with Crippen molar-refractivity contribution in [2.24, 2.45) is 0 Å². The third-order valence-electron chi connectivity index (χ3n) is 5.31. The van der Waals surface area contributed by atoms with Gasteiger partial charge in [-0.05, 0) is 59.7 Å². The summed E-state index contributed by atoms with van der Waals surface area (Å²) in [7, 11) is 0. The van der Waals surface area contributed by atoms with Crippen LogP contribution in [0.4, 0.5) is 4.39 Å². The molecule has 0 aliphatic carbocycles. The maximum atomic E-state index is 13.1. The molecule has 2 aliphatic rings. The number of hydrogen-bond acceptors (Lipinski definition) is 4. The maximum absolute atomic E-state index is 13.1. The molecule has 1 aromatic heterocycles. The van der Waals surface area contributed by atoms with Crippen LogP contribution in [0.1, 0.15) is 43.6 Å². The van der Waals surface area contributed by atoms with Crippen LogP contribution >= 0.6 is 0 Å². The molecule has 2 atom stereocenters. The average Bonchev–Trinajstić information content (AvgIpc) is 3.19. The van der Waals surface area contributed by atoms with E-state index in [1.54, 1.807) is 4.68 Å². The average molecular weight is 329 g/mol. The molecule has 3 heterocycles. The molecule has 6 nitrogen and oxygen atoms in total. The van der Waals surface area contributed by atoms with Gasteiger partial charge in [0.1, 0.15) is 12.1 Å². The fourth-order valence-electron chi connectivity index (χ4n) is 4.21. The van der Waals surface area contributed by atoms with Crippen molar-refractivity contribution in [1.82, 2.24) is 25.1 Å². The number of fused-ring (bicyclic) bond motifs is 2. The quantitative estimate of drug-likeness (QED) is 0.862. The van der Waals surface area contributed by atoms with E-state index in [4.69, 9.17) is 0 Å². The van der Waals surface area contributed by atoms with E-state index in [2.05, 4.69) is 20.4 Å². The molecule has 1 aromatic carbocycles. The fourth-order valence-corrected chi connectivity index (χ4v) is 4.21. The van der Waals surface area contributed by atoms with Gasteiger partial charge in [0.2, 0.25) is 5.91 Å². The Hall–Kier alpha value is -2.31. The zero-order valence-corrected chi connectivity index (χ0v) is 13.4. The summed E-state index contributed by atoms with van der Waals surface area (Å²) in [5.41, 5.74) is 1.19. The third-order valence-corrected chi connectivity index (χ3v) is 5.31. The molecule has 0 N–H and O–H groups in total. The number of rotatable bonds is 4. The molecule has 126 valence electrons. The molecule has 2 saturated heterocycles. The van der Waals surface area contributed by atoms with Gasteiger partial charge in [-0.1, -0.05) is 12.1 Å². The monoisotopic (exact) mass is 329 g/mol. The first-order valence-corrected chi connectivity index (χ1v) is 8.48. The lowest BCUT2D eigenvalue weighted by Crippen LogP contribution is -2.46. The molecule has 2 aliphatic heterocycles. The first-order chi connectivity index (χ1) is 11.7. The van der Waals surface area contributed by atoms with Crippen LogP contribution in [0.25, 0.3) is 0 Å². The first kappa shape index (κ1) is 15.2. The van der Waals surface area contributed by atoms with Gasteiger partial charge in [0.25, 0.3) is 0 Å². The van der Waals surface area contributed by atoms with E-state index in [9.17, 15) is 9.18 Å². The van der Waals surface area contributed by atoms with E-state index in [-0.39, 0.29) is 11.7 Å². The van der Waals surface area contributed by atoms with E-state index < -0.39 is 0 Å². The second kappa shape index (κ2) is 6.30. The van der Waals surface area contributed by atoms with Gasteiger partial charge in [-0.3, -0.25) is 4.79 Å². The largest absolute Gasteiger partial charge is 0.337 e. The number of aryl methyl sites for hydroxylation is 1. The van der Waals surface area contributed by atoms with Crippen LogP contribution in [0.2, 0.25) is 0 Å². The molecular weight excluding hydrogens is 309 g/mol. The van der Waals surface area contributed by atoms with Gasteiger partial charge < -0.3 is 4.90 Å². The maximum Gasteiger partial charge on any atom is 0.224 e. The third kappa shape index (κ3) is 2.90. The van der Waals surface area contributed by atoms with E-state index >= 15 is 0 Å². The van der Waals surface area contributed by atoms with Crippen LogP contribution in [-0.2, 0) is 11.3 Å². The smallest absolute Gasteiger partial charge is 0.224 e. The molecule has 0 spiro atoms. The molecule has 7 heteroatoms. The van der Waals surface area contributed by atoms with Crippen molar-refractivity contribution < 1.29 is 9.18 Å². The van der Waals surface area contributed by atoms with E-state index in [1.165, 1.54) is 24.0 Å². The van der Waals surface area contributed by atoms with Crippen molar-refractivity contribution >= 4 is 5.91 Å². The van der Waals surface area contributed by atoms with Crippen molar-refractivity contribution in [1.29, 1.82) is 0 Å². The molecule has 0 saturated carbocycles. The van der Waals surface area contributed by atoms with Crippen LogP contribution < -0.4 is 0 Å². The topological polar surface area (TPSA) is 63.9 Å². The number of tetrazole rings is 1. The van der Waals surface area contributed by atoms with Crippen molar-refractivity contribution in [2.75, 3.05) is 0 Å². The predicted octanol–water partition coefficient (Wildman–Crippen LogP) is 2.14. The highest BCUT2D eigenvalue weighted by Gasteiger charge is 2.43. The summed E-state index contributed by atoms with van der Waals surface area (Å²) in [6, 6.07) is 7.44. The zero-order chi connectivity index (χ0) is 16.5. The van der Waals surface area contributed by atoms with Crippen LogP contribution in [-0.4, -0.2) is 43.1 Å². The number of carbonyl (C=O) groups excluding carboxylic acids is 1. The van der Waals surface area contributed by atoms with Gasteiger partial charge >= 0.3 is 0 Å². The Morgan fingerprint density at radius 1 is 1.17 bits per heavy atom. The summed E-state index contributed by atoms with van der Waals surface area (Å²) >= 11 is 0. The van der Waals surface area contributed by atoms with E-state index in [1.807, 2.05) is 12.1 Å². The molecule has 1 amide bonds. The number of nitrogens with zero attached hydrogens (tertiary/aromatic N) is 5. The highest BCUT2D eigenvalue weighted by Crippen LogP contribution is 2.43. The summed E-state index contributed by atoms with van der Waals surface area (Å²) in [5, 5.41) is 11.0. The summed E-state index contributed by atoms with van der Waals surface area (Å²) in [4.78, 5) is 14.7. The Bertz CT molecular complexity index is 688. The minimum absolute atomic E-state index is 0.190. The van der Waals surface area contributed by atoms with Crippen molar-refractivity contribution in [3.05, 3.63) is 42.0 Å². The summed E-state index contributed by atoms with van der Waals surface area (Å²) < 4.78 is 14.7. The Labute approximate surface area is 139 Å². The number of aromatic nitrogens is 4. The number of halogens is 1. The normalized spacial score (nSPS) is 25.9. The molecule has 2 bridgehead atoms. The van der Waals surface area contributed by atoms with Gasteiger partial charge in [0.05, 0.1) is 6.54 Å². The number of amides is 1. The van der Waals surface area contributed by atoms with Gasteiger partial charge in [-0.15, -0.1) is 5.10 Å². The van der Waals surface area contributed by atoms with E-state index in [0.717, 1.165) is 25.7 Å². The summed E-state index contributed by atoms with van der Waals surface area (Å²) in [5.74, 6) is 0.416. The molecular formula is C17H20FN5O. The van der Waals surface area contributed by atoms with Crippen LogP contribution in [0.15, 0.2) is 30.6 Å². The van der Waals surface area contributed by atoms with Gasteiger partial charge in [-0.25, -0.2) is 9.07 Å². The lowest BCUT2D eigenvalue weighted by molar-refractivity contribution is -0.136. The van der Waals surface area contributed by atoms with Gasteiger partial charge in [0.15, 0.2) is 0 Å². The lowest BCUT2D eigenvalue weighted by atomic mass is 9.85. The minimum atomic E-state index is -0.197. The Morgan fingerprint density at radius 2 is 1.88 bits per heavy atom.